The van der Waals surface area contributed by atoms with Crippen molar-refractivity contribution in [2.24, 2.45) is 5.41 Å². The molecule has 1 aromatic carbocycles. The van der Waals surface area contributed by atoms with Gasteiger partial charge in [-0.15, -0.1) is 0 Å². The third-order valence-electron chi connectivity index (χ3n) is 5.54. The Morgan fingerprint density at radius 1 is 1.19 bits per heavy atom. The summed E-state index contributed by atoms with van der Waals surface area (Å²) in [6, 6.07) is 9.77. The smallest absolute Gasteiger partial charge is 0.184 e. The summed E-state index contributed by atoms with van der Waals surface area (Å²) in [5, 5.41) is 11.1. The van der Waals surface area contributed by atoms with Gasteiger partial charge in [0.25, 0.3) is 0 Å². The summed E-state index contributed by atoms with van der Waals surface area (Å²) < 4.78 is 28.9. The molecule has 2 heterocycles. The number of aliphatic hydroxyl groups is 1. The third kappa shape index (κ3) is 3.96. The number of hydrogen-bond donors (Lipinski definition) is 1. The van der Waals surface area contributed by atoms with Gasteiger partial charge in [-0.2, -0.15) is 0 Å². The quantitative estimate of drug-likeness (QED) is 0.833. The van der Waals surface area contributed by atoms with Gasteiger partial charge in [-0.05, 0) is 0 Å². The Hall–Kier alpha value is -1.02. The van der Waals surface area contributed by atoms with Crippen LogP contribution in [0.1, 0.15) is 32.1 Å². The molecule has 6 atom stereocenters. The van der Waals surface area contributed by atoms with Crippen LogP contribution in [-0.2, 0) is 23.7 Å². The standard InChI is InChI=1S/C20H30O6/c1-20(2)16(10-14(23-4)11-22-3)25-15-12-24-19(26-17(15)18(20)21)13-8-6-5-7-9-13/h5-9,14-19,21H,10-12H2,1-4H3/t14-,15+,16+,17-,18-,19?/m0/s1. The van der Waals surface area contributed by atoms with E-state index < -0.39 is 23.9 Å². The summed E-state index contributed by atoms with van der Waals surface area (Å²) >= 11 is 0. The first-order chi connectivity index (χ1) is 12.5. The zero-order valence-electron chi connectivity index (χ0n) is 16.0. The Kier molecular flexibility index (Phi) is 6.33. The molecule has 0 amide bonds. The van der Waals surface area contributed by atoms with E-state index in [1.165, 1.54) is 0 Å². The topological polar surface area (TPSA) is 66.4 Å². The van der Waals surface area contributed by atoms with Crippen LogP contribution >= 0.6 is 0 Å². The molecule has 0 bridgehead atoms. The van der Waals surface area contributed by atoms with Crippen LogP contribution in [0.15, 0.2) is 30.3 Å². The van der Waals surface area contributed by atoms with Crippen LogP contribution in [0.5, 0.6) is 0 Å². The molecule has 146 valence electrons. The fourth-order valence-corrected chi connectivity index (χ4v) is 3.74. The van der Waals surface area contributed by atoms with Crippen molar-refractivity contribution in [3.63, 3.8) is 0 Å². The van der Waals surface area contributed by atoms with Gasteiger partial charge in [0.15, 0.2) is 6.29 Å². The Morgan fingerprint density at radius 2 is 1.92 bits per heavy atom. The summed E-state index contributed by atoms with van der Waals surface area (Å²) in [4.78, 5) is 0. The molecule has 2 saturated heterocycles. The van der Waals surface area contributed by atoms with E-state index in [0.717, 1.165) is 5.56 Å². The van der Waals surface area contributed by atoms with Crippen LogP contribution in [0.2, 0.25) is 0 Å². The van der Waals surface area contributed by atoms with Crippen molar-refractivity contribution in [2.75, 3.05) is 27.4 Å². The first-order valence-electron chi connectivity index (χ1n) is 9.14. The molecule has 0 aliphatic carbocycles. The predicted molar refractivity (Wildman–Crippen MR) is 95.7 cm³/mol. The van der Waals surface area contributed by atoms with Gasteiger partial charge in [0.05, 0.1) is 31.5 Å². The van der Waals surface area contributed by atoms with Crippen molar-refractivity contribution in [1.82, 2.24) is 0 Å². The van der Waals surface area contributed by atoms with Crippen molar-refractivity contribution in [3.8, 4) is 0 Å². The average Bonchev–Trinajstić information content (AvgIpc) is 2.66. The molecule has 3 rings (SSSR count). The van der Waals surface area contributed by atoms with Gasteiger partial charge >= 0.3 is 0 Å². The van der Waals surface area contributed by atoms with Crippen LogP contribution in [0.3, 0.4) is 0 Å². The molecule has 6 heteroatoms. The number of benzene rings is 1. The van der Waals surface area contributed by atoms with Crippen molar-refractivity contribution in [3.05, 3.63) is 35.9 Å². The lowest BCUT2D eigenvalue weighted by Crippen LogP contribution is -2.63. The maximum absolute atomic E-state index is 11.1. The summed E-state index contributed by atoms with van der Waals surface area (Å²) in [5.74, 6) is 0. The van der Waals surface area contributed by atoms with Crippen molar-refractivity contribution < 1.29 is 28.8 Å². The van der Waals surface area contributed by atoms with Gasteiger partial charge in [0.2, 0.25) is 0 Å². The second-order valence-corrected chi connectivity index (χ2v) is 7.65. The molecule has 1 N–H and O–H groups in total. The number of hydrogen-bond acceptors (Lipinski definition) is 6. The minimum atomic E-state index is -0.665. The van der Waals surface area contributed by atoms with E-state index in [1.54, 1.807) is 14.2 Å². The second-order valence-electron chi connectivity index (χ2n) is 7.65. The van der Waals surface area contributed by atoms with Gasteiger partial charge in [-0.1, -0.05) is 44.2 Å². The Morgan fingerprint density at radius 3 is 2.58 bits per heavy atom. The summed E-state index contributed by atoms with van der Waals surface area (Å²) in [7, 11) is 3.31. The predicted octanol–water partition coefficient (Wildman–Crippen LogP) is 2.31. The molecular weight excluding hydrogens is 336 g/mol. The third-order valence-corrected chi connectivity index (χ3v) is 5.54. The van der Waals surface area contributed by atoms with E-state index in [2.05, 4.69) is 0 Å². The Bertz CT molecular complexity index is 563. The molecule has 0 spiro atoms. The largest absolute Gasteiger partial charge is 0.390 e. The minimum Gasteiger partial charge on any atom is -0.390 e. The van der Waals surface area contributed by atoms with Crippen LogP contribution in [0, 0.1) is 5.41 Å². The zero-order valence-corrected chi connectivity index (χ0v) is 16.0. The van der Waals surface area contributed by atoms with Crippen molar-refractivity contribution in [1.29, 1.82) is 0 Å². The highest BCUT2D eigenvalue weighted by atomic mass is 16.7. The average molecular weight is 366 g/mol. The second kappa shape index (κ2) is 8.33. The summed E-state index contributed by atoms with van der Waals surface area (Å²) in [6.45, 7) is 4.89. The lowest BCUT2D eigenvalue weighted by molar-refractivity contribution is -0.336. The highest BCUT2D eigenvalue weighted by Gasteiger charge is 2.53. The van der Waals surface area contributed by atoms with Crippen LogP contribution in [0.4, 0.5) is 0 Å². The number of methoxy groups -OCH3 is 2. The monoisotopic (exact) mass is 366 g/mol. The molecule has 26 heavy (non-hydrogen) atoms. The molecule has 1 unspecified atom stereocenters. The molecule has 0 radical (unpaired) electrons. The number of rotatable bonds is 6. The van der Waals surface area contributed by atoms with Gasteiger partial charge in [-0.25, -0.2) is 0 Å². The maximum atomic E-state index is 11.1. The molecular formula is C20H30O6. The maximum Gasteiger partial charge on any atom is 0.184 e. The molecule has 2 fully saturated rings. The number of fused-ring (bicyclic) bond motifs is 1. The lowest BCUT2D eigenvalue weighted by Gasteiger charge is -2.52. The summed E-state index contributed by atoms with van der Waals surface area (Å²) in [6.07, 6.45) is -1.51. The number of ether oxygens (including phenoxy) is 5. The summed E-state index contributed by atoms with van der Waals surface area (Å²) in [5.41, 5.74) is 0.460. The first-order valence-corrected chi connectivity index (χ1v) is 9.14. The number of aliphatic hydroxyl groups excluding tert-OH is 1. The zero-order chi connectivity index (χ0) is 18.7. The molecule has 6 nitrogen and oxygen atoms in total. The van der Waals surface area contributed by atoms with Gasteiger partial charge < -0.3 is 28.8 Å². The molecule has 2 aliphatic heterocycles. The van der Waals surface area contributed by atoms with Gasteiger partial charge in [0, 0.05) is 31.6 Å². The fourth-order valence-electron chi connectivity index (χ4n) is 3.74. The fraction of sp³-hybridized carbons (Fsp3) is 0.700. The van der Waals surface area contributed by atoms with E-state index in [9.17, 15) is 5.11 Å². The van der Waals surface area contributed by atoms with Crippen molar-refractivity contribution in [2.45, 2.75) is 57.1 Å². The molecule has 0 aromatic heterocycles. The Labute approximate surface area is 155 Å². The molecule has 0 saturated carbocycles. The van der Waals surface area contributed by atoms with Crippen LogP contribution in [0.25, 0.3) is 0 Å². The normalized spacial score (nSPS) is 34.9. The SMILES string of the molecule is COC[C@H](C[C@H]1O[C@@H]2COC(c3ccccc3)O[C@@H]2[C@H](O)C1(C)C)OC. The van der Waals surface area contributed by atoms with Crippen molar-refractivity contribution >= 4 is 0 Å². The van der Waals surface area contributed by atoms with E-state index >= 15 is 0 Å². The van der Waals surface area contributed by atoms with E-state index in [0.29, 0.717) is 19.6 Å². The lowest BCUT2D eigenvalue weighted by atomic mass is 9.73. The molecule has 1 aromatic rings. The minimum absolute atomic E-state index is 0.0875. The highest BCUT2D eigenvalue weighted by Crippen LogP contribution is 2.43. The van der Waals surface area contributed by atoms with Crippen LogP contribution < -0.4 is 0 Å². The van der Waals surface area contributed by atoms with E-state index in [-0.39, 0.29) is 18.3 Å². The van der Waals surface area contributed by atoms with Gasteiger partial charge in [-0.3, -0.25) is 0 Å². The Balaban J connectivity index is 1.72. The van der Waals surface area contributed by atoms with Crippen LogP contribution in [-0.4, -0.2) is 63.1 Å². The van der Waals surface area contributed by atoms with Gasteiger partial charge in [0.1, 0.15) is 12.2 Å². The molecule has 2 aliphatic rings. The first kappa shape index (κ1) is 19.7. The van der Waals surface area contributed by atoms with E-state index in [1.807, 2.05) is 44.2 Å². The van der Waals surface area contributed by atoms with E-state index in [4.69, 9.17) is 23.7 Å². The highest BCUT2D eigenvalue weighted by molar-refractivity contribution is 5.17.